The predicted molar refractivity (Wildman–Crippen MR) is 126 cm³/mol. The van der Waals surface area contributed by atoms with Gasteiger partial charge in [-0.15, -0.1) is 0 Å². The predicted octanol–water partition coefficient (Wildman–Crippen LogP) is 3.30. The van der Waals surface area contributed by atoms with Crippen molar-refractivity contribution in [3.8, 4) is 0 Å². The third kappa shape index (κ3) is 5.08. The molecule has 0 saturated heterocycles. The number of carbonyl (C=O) groups is 3. The Kier molecular flexibility index (Phi) is 6.37. The van der Waals surface area contributed by atoms with Gasteiger partial charge in [-0.2, -0.15) is 0 Å². The van der Waals surface area contributed by atoms with Gasteiger partial charge < -0.3 is 20.4 Å². The van der Waals surface area contributed by atoms with Crippen LogP contribution in [0.4, 0.5) is 14.9 Å². The summed E-state index contributed by atoms with van der Waals surface area (Å²) in [5.74, 6) is -0.755. The number of nitrogens with zero attached hydrogens (tertiary/aromatic N) is 3. The zero-order chi connectivity index (χ0) is 24.5. The molecule has 4 rings (SSSR count). The topological polar surface area (TPSA) is 94.6 Å². The first kappa shape index (κ1) is 23.4. The van der Waals surface area contributed by atoms with Crippen LogP contribution in [-0.4, -0.2) is 51.3 Å². The number of pyridine rings is 1. The van der Waals surface area contributed by atoms with E-state index in [2.05, 4.69) is 15.6 Å². The fraction of sp³-hybridized carbons (Fsp3) is 0.360. The van der Waals surface area contributed by atoms with Crippen LogP contribution in [-0.2, 0) is 22.7 Å². The van der Waals surface area contributed by atoms with E-state index in [0.29, 0.717) is 44.0 Å². The van der Waals surface area contributed by atoms with Crippen LogP contribution >= 0.6 is 0 Å². The van der Waals surface area contributed by atoms with Gasteiger partial charge in [-0.3, -0.25) is 14.6 Å². The van der Waals surface area contributed by atoms with Crippen molar-refractivity contribution in [3.63, 3.8) is 0 Å². The summed E-state index contributed by atoms with van der Waals surface area (Å²) in [5.41, 5.74) is 3.31. The molecule has 178 valence electrons. The normalized spacial score (nSPS) is 15.5. The Labute approximate surface area is 197 Å². The van der Waals surface area contributed by atoms with Crippen molar-refractivity contribution in [1.29, 1.82) is 0 Å². The monoisotopic (exact) mass is 465 g/mol. The van der Waals surface area contributed by atoms with Crippen molar-refractivity contribution in [2.45, 2.75) is 45.8 Å². The first-order valence-corrected chi connectivity index (χ1v) is 11.2. The van der Waals surface area contributed by atoms with Gasteiger partial charge in [0.15, 0.2) is 0 Å². The first-order chi connectivity index (χ1) is 16.1. The molecule has 1 aromatic carbocycles. The Morgan fingerprint density at radius 1 is 1.09 bits per heavy atom. The van der Waals surface area contributed by atoms with Gasteiger partial charge in [-0.1, -0.05) is 18.2 Å². The number of rotatable bonds is 4. The molecule has 9 heteroatoms. The van der Waals surface area contributed by atoms with Crippen LogP contribution in [0.25, 0.3) is 5.57 Å². The molecule has 2 aliphatic rings. The molecule has 1 aromatic heterocycles. The Bertz CT molecular complexity index is 1160. The van der Waals surface area contributed by atoms with Crippen molar-refractivity contribution in [1.82, 2.24) is 20.1 Å². The number of aromatic nitrogens is 1. The molecule has 0 saturated carbocycles. The van der Waals surface area contributed by atoms with E-state index in [9.17, 15) is 18.8 Å². The van der Waals surface area contributed by atoms with Crippen LogP contribution in [0.3, 0.4) is 0 Å². The fourth-order valence-electron chi connectivity index (χ4n) is 4.35. The number of hydrogen-bond acceptors (Lipinski definition) is 4. The highest BCUT2D eigenvalue weighted by Crippen LogP contribution is 2.26. The van der Waals surface area contributed by atoms with Crippen molar-refractivity contribution < 1.29 is 18.8 Å². The van der Waals surface area contributed by atoms with Crippen molar-refractivity contribution in [3.05, 3.63) is 65.2 Å². The highest BCUT2D eigenvalue weighted by Gasteiger charge is 2.33. The molecule has 2 N–H and O–H groups in total. The minimum absolute atomic E-state index is 0.113. The molecule has 0 radical (unpaired) electrons. The standard InChI is InChI=1S/C25H28FN5O3/c1-16(32)29-25(2,3)23(33)30-10-8-18(9-11-30)17-4-6-21(7-5-17)28-24(34)31-14-19-12-20(26)13-27-22(19)15-31/h4-8,12-13H,9-11,14-15H2,1-3H3,(H,28,34)(H,29,32). The van der Waals surface area contributed by atoms with Crippen molar-refractivity contribution in [2.75, 3.05) is 18.4 Å². The molecule has 0 unspecified atom stereocenters. The summed E-state index contributed by atoms with van der Waals surface area (Å²) in [6.07, 6.45) is 3.88. The molecule has 0 fully saturated rings. The van der Waals surface area contributed by atoms with Gasteiger partial charge in [-0.25, -0.2) is 9.18 Å². The van der Waals surface area contributed by atoms with Gasteiger partial charge in [0.1, 0.15) is 11.4 Å². The molecule has 3 heterocycles. The van der Waals surface area contributed by atoms with E-state index in [1.165, 1.54) is 13.0 Å². The van der Waals surface area contributed by atoms with Crippen LogP contribution in [0.2, 0.25) is 0 Å². The Balaban J connectivity index is 1.34. The molecular formula is C25H28FN5O3. The number of halogens is 1. The van der Waals surface area contributed by atoms with Crippen LogP contribution < -0.4 is 10.6 Å². The Hall–Kier alpha value is -3.75. The number of amides is 4. The van der Waals surface area contributed by atoms with E-state index in [1.807, 2.05) is 30.3 Å². The summed E-state index contributed by atoms with van der Waals surface area (Å²) in [6.45, 7) is 6.52. The Morgan fingerprint density at radius 3 is 2.47 bits per heavy atom. The summed E-state index contributed by atoms with van der Waals surface area (Å²) in [7, 11) is 0. The lowest BCUT2D eigenvalue weighted by Gasteiger charge is -2.34. The lowest BCUT2D eigenvalue weighted by Crippen LogP contribution is -2.56. The van der Waals surface area contributed by atoms with Crippen LogP contribution in [0, 0.1) is 5.82 Å². The molecule has 2 aromatic rings. The second kappa shape index (κ2) is 9.24. The number of benzene rings is 1. The second-order valence-corrected chi connectivity index (χ2v) is 9.16. The largest absolute Gasteiger partial charge is 0.342 e. The van der Waals surface area contributed by atoms with E-state index in [4.69, 9.17) is 0 Å². The van der Waals surface area contributed by atoms with E-state index < -0.39 is 11.4 Å². The zero-order valence-electron chi connectivity index (χ0n) is 19.5. The van der Waals surface area contributed by atoms with Gasteiger partial charge in [0.2, 0.25) is 11.8 Å². The van der Waals surface area contributed by atoms with Crippen LogP contribution in [0.15, 0.2) is 42.6 Å². The molecule has 34 heavy (non-hydrogen) atoms. The molecule has 0 bridgehead atoms. The van der Waals surface area contributed by atoms with Crippen molar-refractivity contribution >= 4 is 29.1 Å². The van der Waals surface area contributed by atoms with Crippen LogP contribution in [0.1, 0.15) is 44.0 Å². The van der Waals surface area contributed by atoms with E-state index in [1.54, 1.807) is 23.6 Å². The van der Waals surface area contributed by atoms with Gasteiger partial charge in [0, 0.05) is 32.2 Å². The highest BCUT2D eigenvalue weighted by atomic mass is 19.1. The third-order valence-corrected chi connectivity index (χ3v) is 6.04. The number of anilines is 1. The van der Waals surface area contributed by atoms with Crippen molar-refractivity contribution in [2.24, 2.45) is 0 Å². The summed E-state index contributed by atoms with van der Waals surface area (Å²) < 4.78 is 13.4. The van der Waals surface area contributed by atoms with Crippen LogP contribution in [0.5, 0.6) is 0 Å². The highest BCUT2D eigenvalue weighted by molar-refractivity contribution is 5.91. The minimum atomic E-state index is -0.946. The summed E-state index contributed by atoms with van der Waals surface area (Å²) in [4.78, 5) is 44.1. The number of carbonyl (C=O) groups excluding carboxylic acids is 3. The van der Waals surface area contributed by atoms with Gasteiger partial charge in [-0.05, 0) is 55.2 Å². The molecule has 2 aliphatic heterocycles. The first-order valence-electron chi connectivity index (χ1n) is 11.2. The van der Waals surface area contributed by atoms with E-state index in [-0.39, 0.29) is 17.8 Å². The maximum Gasteiger partial charge on any atom is 0.322 e. The summed E-state index contributed by atoms with van der Waals surface area (Å²) >= 11 is 0. The molecular weight excluding hydrogens is 437 g/mol. The second-order valence-electron chi connectivity index (χ2n) is 9.16. The lowest BCUT2D eigenvalue weighted by atomic mass is 9.97. The third-order valence-electron chi connectivity index (χ3n) is 6.04. The number of nitrogens with one attached hydrogen (secondary N) is 2. The maximum atomic E-state index is 13.4. The van der Waals surface area contributed by atoms with Gasteiger partial charge in [0.25, 0.3) is 0 Å². The minimum Gasteiger partial charge on any atom is -0.342 e. The van der Waals surface area contributed by atoms with Gasteiger partial charge in [0.05, 0.1) is 18.4 Å². The smallest absolute Gasteiger partial charge is 0.322 e. The SMILES string of the molecule is CC(=O)NC(C)(C)C(=O)N1CC=C(c2ccc(NC(=O)N3Cc4cc(F)cnc4C3)cc2)CC1. The summed E-state index contributed by atoms with van der Waals surface area (Å²) in [5, 5.41) is 5.58. The molecule has 0 atom stereocenters. The number of hydrogen-bond donors (Lipinski definition) is 2. The lowest BCUT2D eigenvalue weighted by molar-refractivity contribution is -0.139. The summed E-state index contributed by atoms with van der Waals surface area (Å²) in [6, 6.07) is 8.71. The Morgan fingerprint density at radius 2 is 1.82 bits per heavy atom. The molecule has 0 spiro atoms. The van der Waals surface area contributed by atoms with Gasteiger partial charge >= 0.3 is 6.03 Å². The van der Waals surface area contributed by atoms with E-state index >= 15 is 0 Å². The average molecular weight is 466 g/mol. The molecule has 0 aliphatic carbocycles. The zero-order valence-corrected chi connectivity index (χ0v) is 19.5. The van der Waals surface area contributed by atoms with E-state index in [0.717, 1.165) is 22.9 Å². The number of urea groups is 1. The fourth-order valence-corrected chi connectivity index (χ4v) is 4.35. The molecule has 8 nitrogen and oxygen atoms in total. The quantitative estimate of drug-likeness (QED) is 0.725. The molecule has 4 amide bonds. The average Bonchev–Trinajstić information content (AvgIpc) is 3.22. The number of fused-ring (bicyclic) bond motifs is 1. The maximum absolute atomic E-state index is 13.4.